The van der Waals surface area contributed by atoms with Gasteiger partial charge in [-0.2, -0.15) is 0 Å². The Morgan fingerprint density at radius 2 is 1.91 bits per heavy atom. The van der Waals surface area contributed by atoms with Crippen molar-refractivity contribution in [3.63, 3.8) is 0 Å². The highest BCUT2D eigenvalue weighted by atomic mass is 16.5. The molecule has 3 nitrogen and oxygen atoms in total. The van der Waals surface area contributed by atoms with Crippen LogP contribution in [0.2, 0.25) is 0 Å². The van der Waals surface area contributed by atoms with Gasteiger partial charge in [0, 0.05) is 12.3 Å². The van der Waals surface area contributed by atoms with Crippen LogP contribution in [0.1, 0.15) is 29.9 Å². The molecule has 0 saturated carbocycles. The van der Waals surface area contributed by atoms with Crippen LogP contribution >= 0.6 is 0 Å². The Kier molecular flexibility index (Phi) is 3.44. The lowest BCUT2D eigenvalue weighted by atomic mass is 9.74. The summed E-state index contributed by atoms with van der Waals surface area (Å²) in [5, 5.41) is 0. The number of hydrogen-bond donors (Lipinski definition) is 0. The van der Waals surface area contributed by atoms with Gasteiger partial charge in [-0.15, -0.1) is 0 Å². The van der Waals surface area contributed by atoms with Crippen molar-refractivity contribution in [1.29, 1.82) is 0 Å². The average Bonchev–Trinajstić information content (AvgIpc) is 2.97. The molecule has 0 saturated heterocycles. The van der Waals surface area contributed by atoms with Gasteiger partial charge in [0.05, 0.1) is 21.3 Å². The largest absolute Gasteiger partial charge is 0.497 e. The topological polar surface area (TPSA) is 27.7 Å². The van der Waals surface area contributed by atoms with Gasteiger partial charge in [-0.3, -0.25) is 0 Å². The normalized spacial score (nSPS) is 25.0. The van der Waals surface area contributed by atoms with Crippen molar-refractivity contribution in [2.24, 2.45) is 5.92 Å². The molecule has 2 atom stereocenters. The second-order valence-electron chi connectivity index (χ2n) is 6.41. The third kappa shape index (κ3) is 2.18. The number of benzene rings is 1. The molecule has 1 aromatic carbocycles. The highest BCUT2D eigenvalue weighted by Crippen LogP contribution is 2.52. The van der Waals surface area contributed by atoms with E-state index >= 15 is 0 Å². The minimum absolute atomic E-state index is 0.447. The predicted octanol–water partition coefficient (Wildman–Crippen LogP) is 4.12. The standard InChI is InChI=1S/C20H22O3/c1-21-15-6-7-16-12(9-15)4-5-13-8-14-10-18(22-2)19(23-3)11-17(14)20(13)16/h6-9,11,13,20H,4-5,10H2,1-3H3. The van der Waals surface area contributed by atoms with E-state index in [4.69, 9.17) is 14.2 Å². The molecule has 3 aliphatic rings. The fraction of sp³-hybridized carbons (Fsp3) is 0.400. The molecule has 23 heavy (non-hydrogen) atoms. The molecular formula is C20H22O3. The van der Waals surface area contributed by atoms with Gasteiger partial charge < -0.3 is 14.2 Å². The van der Waals surface area contributed by atoms with Crippen molar-refractivity contribution in [2.45, 2.75) is 25.2 Å². The second-order valence-corrected chi connectivity index (χ2v) is 6.41. The first-order chi connectivity index (χ1) is 11.2. The SMILES string of the molecule is COC1=C(OC)CC2=CC3CCc4cc(OC)ccc4C3C2=C1. The molecule has 0 aromatic heterocycles. The van der Waals surface area contributed by atoms with Gasteiger partial charge in [0.1, 0.15) is 11.5 Å². The fourth-order valence-electron chi connectivity index (χ4n) is 4.25. The molecule has 0 spiro atoms. The van der Waals surface area contributed by atoms with Crippen LogP contribution in [0, 0.1) is 5.92 Å². The number of allylic oxidation sites excluding steroid dienone is 4. The van der Waals surface area contributed by atoms with E-state index in [1.54, 1.807) is 21.3 Å². The molecule has 0 heterocycles. The first-order valence-electron chi connectivity index (χ1n) is 8.15. The molecule has 1 aromatic rings. The molecule has 3 heteroatoms. The maximum absolute atomic E-state index is 5.54. The Labute approximate surface area is 137 Å². The quantitative estimate of drug-likeness (QED) is 0.840. The molecule has 0 radical (unpaired) electrons. The number of fused-ring (bicyclic) bond motifs is 5. The van der Waals surface area contributed by atoms with Crippen LogP contribution in [0.4, 0.5) is 0 Å². The Hall–Kier alpha value is -2.16. The molecule has 2 unspecified atom stereocenters. The van der Waals surface area contributed by atoms with E-state index in [1.165, 1.54) is 28.7 Å². The van der Waals surface area contributed by atoms with Crippen LogP contribution in [0.3, 0.4) is 0 Å². The van der Waals surface area contributed by atoms with E-state index < -0.39 is 0 Å². The Bertz CT molecular complexity index is 739. The van der Waals surface area contributed by atoms with Gasteiger partial charge in [0.25, 0.3) is 0 Å². The number of ether oxygens (including phenoxy) is 3. The zero-order chi connectivity index (χ0) is 16.0. The zero-order valence-corrected chi connectivity index (χ0v) is 13.9. The highest BCUT2D eigenvalue weighted by molar-refractivity contribution is 5.57. The average molecular weight is 310 g/mol. The first kappa shape index (κ1) is 14.4. The number of rotatable bonds is 3. The third-order valence-corrected chi connectivity index (χ3v) is 5.36. The van der Waals surface area contributed by atoms with Gasteiger partial charge in [0.2, 0.25) is 0 Å². The van der Waals surface area contributed by atoms with Crippen LogP contribution in [0.15, 0.2) is 53.0 Å². The second kappa shape index (κ2) is 5.48. The van der Waals surface area contributed by atoms with Crippen LogP contribution < -0.4 is 4.74 Å². The predicted molar refractivity (Wildman–Crippen MR) is 89.4 cm³/mol. The van der Waals surface area contributed by atoms with Crippen LogP contribution in [0.5, 0.6) is 5.75 Å². The van der Waals surface area contributed by atoms with E-state index in [-0.39, 0.29) is 0 Å². The van der Waals surface area contributed by atoms with Crippen molar-refractivity contribution >= 4 is 0 Å². The molecule has 0 N–H and O–H groups in total. The summed E-state index contributed by atoms with van der Waals surface area (Å²) < 4.78 is 16.4. The molecular weight excluding hydrogens is 288 g/mol. The summed E-state index contributed by atoms with van der Waals surface area (Å²) in [6, 6.07) is 6.52. The minimum atomic E-state index is 0.447. The van der Waals surface area contributed by atoms with Crippen molar-refractivity contribution in [3.05, 3.63) is 64.1 Å². The Balaban J connectivity index is 1.79. The van der Waals surface area contributed by atoms with E-state index in [0.717, 1.165) is 30.1 Å². The van der Waals surface area contributed by atoms with Gasteiger partial charge in [0.15, 0.2) is 5.76 Å². The number of aryl methyl sites for hydroxylation is 1. The van der Waals surface area contributed by atoms with Gasteiger partial charge in [-0.05, 0) is 59.2 Å². The van der Waals surface area contributed by atoms with Crippen molar-refractivity contribution in [3.8, 4) is 5.75 Å². The number of hydrogen-bond acceptors (Lipinski definition) is 3. The summed E-state index contributed by atoms with van der Waals surface area (Å²) in [6.45, 7) is 0. The van der Waals surface area contributed by atoms with E-state index in [0.29, 0.717) is 11.8 Å². The zero-order valence-electron chi connectivity index (χ0n) is 13.9. The first-order valence-corrected chi connectivity index (χ1v) is 8.15. The lowest BCUT2D eigenvalue weighted by molar-refractivity contribution is 0.223. The summed E-state index contributed by atoms with van der Waals surface area (Å²) >= 11 is 0. The fourth-order valence-corrected chi connectivity index (χ4v) is 4.25. The van der Waals surface area contributed by atoms with E-state index in [2.05, 4.69) is 30.4 Å². The van der Waals surface area contributed by atoms with Crippen LogP contribution in [-0.2, 0) is 15.9 Å². The lowest BCUT2D eigenvalue weighted by Crippen LogP contribution is -2.18. The molecule has 0 fully saturated rings. The number of methoxy groups -OCH3 is 3. The molecule has 4 rings (SSSR count). The maximum Gasteiger partial charge on any atom is 0.157 e. The van der Waals surface area contributed by atoms with Crippen molar-refractivity contribution < 1.29 is 14.2 Å². The van der Waals surface area contributed by atoms with Crippen LogP contribution in [-0.4, -0.2) is 21.3 Å². The van der Waals surface area contributed by atoms with Crippen molar-refractivity contribution in [1.82, 2.24) is 0 Å². The molecule has 0 amide bonds. The van der Waals surface area contributed by atoms with Gasteiger partial charge >= 0.3 is 0 Å². The summed E-state index contributed by atoms with van der Waals surface area (Å²) in [5.41, 5.74) is 5.66. The minimum Gasteiger partial charge on any atom is -0.497 e. The van der Waals surface area contributed by atoms with Gasteiger partial charge in [-0.25, -0.2) is 0 Å². The molecule has 0 bridgehead atoms. The Morgan fingerprint density at radius 3 is 2.65 bits per heavy atom. The summed E-state index contributed by atoms with van der Waals surface area (Å²) in [6.07, 6.45) is 7.78. The molecule has 3 aliphatic carbocycles. The maximum atomic E-state index is 5.54. The van der Waals surface area contributed by atoms with Crippen LogP contribution in [0.25, 0.3) is 0 Å². The van der Waals surface area contributed by atoms with Crippen molar-refractivity contribution in [2.75, 3.05) is 21.3 Å². The highest BCUT2D eigenvalue weighted by Gasteiger charge is 2.39. The molecule has 0 aliphatic heterocycles. The summed E-state index contributed by atoms with van der Waals surface area (Å²) in [5.74, 6) is 3.77. The summed E-state index contributed by atoms with van der Waals surface area (Å²) in [4.78, 5) is 0. The smallest absolute Gasteiger partial charge is 0.157 e. The monoisotopic (exact) mass is 310 g/mol. The molecule has 120 valence electrons. The van der Waals surface area contributed by atoms with Gasteiger partial charge in [-0.1, -0.05) is 12.1 Å². The Morgan fingerprint density at radius 1 is 1.04 bits per heavy atom. The lowest BCUT2D eigenvalue weighted by Gasteiger charge is -2.31. The third-order valence-electron chi connectivity index (χ3n) is 5.36. The van der Waals surface area contributed by atoms with E-state index in [9.17, 15) is 0 Å². The van der Waals surface area contributed by atoms with E-state index in [1.807, 2.05) is 0 Å². The summed E-state index contributed by atoms with van der Waals surface area (Å²) in [7, 11) is 5.16.